The second kappa shape index (κ2) is 11.8. The van der Waals surface area contributed by atoms with Crippen LogP contribution in [0.1, 0.15) is 55.6 Å². The van der Waals surface area contributed by atoms with E-state index in [4.69, 9.17) is 14.6 Å². The number of carboxylic acid groups (broad SMARTS) is 1. The largest absolute Gasteiger partial charge is 0.481 e. The number of fused-ring (bicyclic) bond motifs is 3. The molecule has 2 atom stereocenters. The quantitative estimate of drug-likeness (QED) is 0.421. The summed E-state index contributed by atoms with van der Waals surface area (Å²) in [4.78, 5) is 35.7. The number of alkyl carbamates (subject to hydrolysis) is 1. The Hall–Kier alpha value is -3.39. The van der Waals surface area contributed by atoms with Gasteiger partial charge in [-0.1, -0.05) is 61.4 Å². The number of hydrogen-bond acceptors (Lipinski definition) is 5. The van der Waals surface area contributed by atoms with Crippen molar-refractivity contribution in [2.45, 2.75) is 56.6 Å². The molecule has 0 aromatic heterocycles. The van der Waals surface area contributed by atoms with Gasteiger partial charge in [0.05, 0.1) is 6.04 Å². The number of benzene rings is 2. The zero-order valence-corrected chi connectivity index (χ0v) is 19.7. The third-order valence-corrected chi connectivity index (χ3v) is 6.61. The molecule has 0 radical (unpaired) electrons. The Bertz CT molecular complexity index is 1010. The van der Waals surface area contributed by atoms with Crippen molar-refractivity contribution in [3.8, 4) is 11.1 Å². The first-order chi connectivity index (χ1) is 17.0. The molecule has 0 saturated carbocycles. The monoisotopic (exact) mass is 480 g/mol. The molecule has 2 aromatic carbocycles. The maximum absolute atomic E-state index is 12.6. The zero-order chi connectivity index (χ0) is 24.6. The van der Waals surface area contributed by atoms with Crippen molar-refractivity contribution in [3.05, 3.63) is 59.7 Å². The molecule has 1 fully saturated rings. The Morgan fingerprint density at radius 1 is 0.943 bits per heavy atom. The lowest BCUT2D eigenvalue weighted by molar-refractivity contribution is -0.137. The number of rotatable bonds is 11. The molecule has 186 valence electrons. The van der Waals surface area contributed by atoms with Crippen LogP contribution in [0.5, 0.6) is 0 Å². The molecule has 2 aromatic rings. The second-order valence-corrected chi connectivity index (χ2v) is 9.01. The van der Waals surface area contributed by atoms with Crippen molar-refractivity contribution in [1.29, 1.82) is 0 Å². The minimum atomic E-state index is -0.786. The van der Waals surface area contributed by atoms with Crippen LogP contribution in [0.2, 0.25) is 0 Å². The van der Waals surface area contributed by atoms with E-state index in [9.17, 15) is 14.4 Å². The van der Waals surface area contributed by atoms with Crippen LogP contribution in [0.15, 0.2) is 48.5 Å². The van der Waals surface area contributed by atoms with E-state index in [1.807, 2.05) is 24.3 Å². The van der Waals surface area contributed by atoms with Crippen LogP contribution in [-0.4, -0.2) is 55.0 Å². The van der Waals surface area contributed by atoms with E-state index in [1.165, 1.54) is 11.1 Å². The van der Waals surface area contributed by atoms with Gasteiger partial charge in [0.25, 0.3) is 5.91 Å². The predicted octanol–water partition coefficient (Wildman–Crippen LogP) is 3.83. The van der Waals surface area contributed by atoms with Crippen molar-refractivity contribution in [2.75, 3.05) is 19.8 Å². The molecule has 2 amide bonds. The van der Waals surface area contributed by atoms with Crippen molar-refractivity contribution < 1.29 is 29.0 Å². The molecule has 3 N–H and O–H groups in total. The average molecular weight is 481 g/mol. The van der Waals surface area contributed by atoms with E-state index < -0.39 is 24.2 Å². The molecule has 0 unspecified atom stereocenters. The molecule has 8 heteroatoms. The molecule has 1 heterocycles. The molecular formula is C27H32N2O6. The highest BCUT2D eigenvalue weighted by molar-refractivity contribution is 5.83. The summed E-state index contributed by atoms with van der Waals surface area (Å²) in [6.45, 7) is 1.09. The molecule has 1 saturated heterocycles. The minimum absolute atomic E-state index is 0.0254. The van der Waals surface area contributed by atoms with E-state index in [2.05, 4.69) is 34.9 Å². The van der Waals surface area contributed by atoms with Gasteiger partial charge in [0.1, 0.15) is 6.61 Å². The highest BCUT2D eigenvalue weighted by Gasteiger charge is 2.36. The summed E-state index contributed by atoms with van der Waals surface area (Å²) in [6.07, 6.45) is 2.47. The second-order valence-electron chi connectivity index (χ2n) is 9.01. The number of nitrogens with one attached hydrogen (secondary N) is 2. The van der Waals surface area contributed by atoms with E-state index in [-0.39, 0.29) is 24.9 Å². The maximum atomic E-state index is 12.6. The molecule has 0 spiro atoms. The van der Waals surface area contributed by atoms with Crippen LogP contribution < -0.4 is 10.6 Å². The van der Waals surface area contributed by atoms with Crippen LogP contribution >= 0.6 is 0 Å². The summed E-state index contributed by atoms with van der Waals surface area (Å²) in [5.41, 5.74) is 4.62. The van der Waals surface area contributed by atoms with Gasteiger partial charge in [-0.25, -0.2) is 4.79 Å². The fraction of sp³-hybridized carbons (Fsp3) is 0.444. The summed E-state index contributed by atoms with van der Waals surface area (Å²) in [5, 5.41) is 14.3. The summed E-state index contributed by atoms with van der Waals surface area (Å²) in [6, 6.07) is 15.9. The first kappa shape index (κ1) is 24.7. The van der Waals surface area contributed by atoms with Crippen molar-refractivity contribution >= 4 is 18.0 Å². The van der Waals surface area contributed by atoms with Crippen molar-refractivity contribution in [2.24, 2.45) is 0 Å². The molecule has 1 aliphatic carbocycles. The van der Waals surface area contributed by atoms with Crippen LogP contribution in [0.4, 0.5) is 4.79 Å². The zero-order valence-electron chi connectivity index (χ0n) is 19.7. The predicted molar refractivity (Wildman–Crippen MR) is 130 cm³/mol. The van der Waals surface area contributed by atoms with Crippen LogP contribution in [0.3, 0.4) is 0 Å². The lowest BCUT2D eigenvalue weighted by atomic mass is 9.98. The number of carboxylic acids is 1. The van der Waals surface area contributed by atoms with Crippen LogP contribution in [0.25, 0.3) is 11.1 Å². The van der Waals surface area contributed by atoms with Gasteiger partial charge in [0, 0.05) is 25.5 Å². The van der Waals surface area contributed by atoms with Crippen molar-refractivity contribution in [1.82, 2.24) is 10.6 Å². The fourth-order valence-electron chi connectivity index (χ4n) is 4.85. The van der Waals surface area contributed by atoms with Crippen LogP contribution in [-0.2, 0) is 19.1 Å². The Labute approximate surface area is 205 Å². The standard InChI is InChI=1S/C27H32N2O6/c30-24(31)13-3-1-2-8-15-28-26(32)25-23(14-16-34-25)29-27(33)35-17-22-20-11-6-4-9-18(20)19-10-5-7-12-21(19)22/h4-7,9-12,22-23,25H,1-3,8,13-17H2,(H,28,32)(H,29,33)(H,30,31)/t23-,25+/m1/s1. The lowest BCUT2D eigenvalue weighted by Crippen LogP contribution is -2.48. The first-order valence-corrected chi connectivity index (χ1v) is 12.3. The summed E-state index contributed by atoms with van der Waals surface area (Å²) in [5.74, 6) is -1.06. The van der Waals surface area contributed by atoms with E-state index in [1.54, 1.807) is 0 Å². The summed E-state index contributed by atoms with van der Waals surface area (Å²) >= 11 is 0. The molecule has 2 aliphatic rings. The summed E-state index contributed by atoms with van der Waals surface area (Å²) < 4.78 is 11.2. The Kier molecular flexibility index (Phi) is 8.36. The van der Waals surface area contributed by atoms with Gasteiger partial charge in [0.2, 0.25) is 0 Å². The normalized spacial score (nSPS) is 18.5. The molecule has 35 heavy (non-hydrogen) atoms. The summed E-state index contributed by atoms with van der Waals surface area (Å²) in [7, 11) is 0. The van der Waals surface area contributed by atoms with Gasteiger partial charge in [0.15, 0.2) is 6.10 Å². The van der Waals surface area contributed by atoms with E-state index in [0.29, 0.717) is 26.0 Å². The van der Waals surface area contributed by atoms with Gasteiger partial charge >= 0.3 is 12.1 Å². The third kappa shape index (κ3) is 6.19. The van der Waals surface area contributed by atoms with Gasteiger partial charge < -0.3 is 25.2 Å². The smallest absolute Gasteiger partial charge is 0.407 e. The number of ether oxygens (including phenoxy) is 2. The Balaban J connectivity index is 1.22. The van der Waals surface area contributed by atoms with E-state index in [0.717, 1.165) is 30.4 Å². The Morgan fingerprint density at radius 2 is 1.60 bits per heavy atom. The maximum Gasteiger partial charge on any atom is 0.407 e. The number of amides is 2. The number of carbonyl (C=O) groups excluding carboxylic acids is 2. The van der Waals surface area contributed by atoms with Crippen LogP contribution in [0, 0.1) is 0 Å². The first-order valence-electron chi connectivity index (χ1n) is 12.3. The number of unbranched alkanes of at least 4 members (excludes halogenated alkanes) is 3. The number of carbonyl (C=O) groups is 3. The molecule has 0 bridgehead atoms. The molecule has 4 rings (SSSR count). The molecular weight excluding hydrogens is 448 g/mol. The van der Waals surface area contributed by atoms with Gasteiger partial charge in [-0.15, -0.1) is 0 Å². The van der Waals surface area contributed by atoms with E-state index >= 15 is 0 Å². The number of hydrogen-bond donors (Lipinski definition) is 3. The highest BCUT2D eigenvalue weighted by Crippen LogP contribution is 2.44. The average Bonchev–Trinajstić information content (AvgIpc) is 3.44. The molecule has 1 aliphatic heterocycles. The van der Waals surface area contributed by atoms with Gasteiger partial charge in [-0.3, -0.25) is 9.59 Å². The number of aliphatic carboxylic acids is 1. The minimum Gasteiger partial charge on any atom is -0.481 e. The topological polar surface area (TPSA) is 114 Å². The van der Waals surface area contributed by atoms with Gasteiger partial charge in [-0.2, -0.15) is 0 Å². The third-order valence-electron chi connectivity index (χ3n) is 6.61. The molecule has 8 nitrogen and oxygen atoms in total. The SMILES string of the molecule is O=C(O)CCCCCCNC(=O)[C@H]1OCC[C@H]1NC(=O)OCC1c2ccccc2-c2ccccc21. The van der Waals surface area contributed by atoms with Crippen molar-refractivity contribution in [3.63, 3.8) is 0 Å². The highest BCUT2D eigenvalue weighted by atomic mass is 16.6. The fourth-order valence-corrected chi connectivity index (χ4v) is 4.85. The Morgan fingerprint density at radius 3 is 2.29 bits per heavy atom. The lowest BCUT2D eigenvalue weighted by Gasteiger charge is -2.20. The van der Waals surface area contributed by atoms with Gasteiger partial charge in [-0.05, 0) is 41.5 Å².